The van der Waals surface area contributed by atoms with Gasteiger partial charge in [0.2, 0.25) is 0 Å². The fraction of sp³-hybridized carbons (Fsp3) is 0.130. The maximum absolute atomic E-state index is 13.8. The van der Waals surface area contributed by atoms with Crippen LogP contribution in [0.3, 0.4) is 0 Å². The Balaban J connectivity index is 1.80. The van der Waals surface area contributed by atoms with Crippen LogP contribution in [0.5, 0.6) is 5.75 Å². The van der Waals surface area contributed by atoms with Gasteiger partial charge in [-0.05, 0) is 55.0 Å². The maximum Gasteiger partial charge on any atom is 0.275 e. The maximum atomic E-state index is 13.8. The average molecular weight is 424 g/mol. The predicted molar refractivity (Wildman–Crippen MR) is 114 cm³/mol. The first-order valence-corrected chi connectivity index (χ1v) is 10.1. The van der Waals surface area contributed by atoms with Crippen LogP contribution in [0.25, 0.3) is 0 Å². The molecular weight excluding hydrogens is 406 g/mol. The highest BCUT2D eigenvalue weighted by molar-refractivity contribution is 8.14. The minimum atomic E-state index is -0.517. The molecule has 30 heavy (non-hydrogen) atoms. The lowest BCUT2D eigenvalue weighted by Crippen LogP contribution is -2.27. The quantitative estimate of drug-likeness (QED) is 0.553. The molecule has 4 nitrogen and oxygen atoms in total. The number of amides is 1. The molecule has 0 aromatic heterocycles. The largest absolute Gasteiger partial charge is 0.496 e. The Kier molecular flexibility index (Phi) is 5.55. The summed E-state index contributed by atoms with van der Waals surface area (Å²) >= 11 is 1.35. The molecule has 1 amide bonds. The van der Waals surface area contributed by atoms with E-state index in [4.69, 9.17) is 4.74 Å². The molecule has 0 spiro atoms. The molecular formula is C23H18F2N2O2S. The minimum absolute atomic E-state index is 0.236. The van der Waals surface area contributed by atoms with Gasteiger partial charge in [-0.25, -0.2) is 13.8 Å². The van der Waals surface area contributed by atoms with Crippen molar-refractivity contribution in [3.8, 4) is 5.75 Å². The number of ether oxygens (including phenoxy) is 1. The lowest BCUT2D eigenvalue weighted by atomic mass is 10.1. The van der Waals surface area contributed by atoms with Gasteiger partial charge >= 0.3 is 0 Å². The zero-order valence-electron chi connectivity index (χ0n) is 16.3. The fourth-order valence-corrected chi connectivity index (χ4v) is 4.40. The number of thioether (sulfide) groups is 1. The first-order chi connectivity index (χ1) is 14.5. The van der Waals surface area contributed by atoms with E-state index in [2.05, 4.69) is 5.10 Å². The van der Waals surface area contributed by atoms with E-state index >= 15 is 0 Å². The number of nitrogens with zero attached hydrogens (tertiary/aromatic N) is 2. The Morgan fingerprint density at radius 3 is 2.47 bits per heavy atom. The molecule has 1 atom stereocenters. The number of carbonyl (C=O) groups is 1. The number of halogens is 2. The number of aryl methyl sites for hydroxylation is 1. The second-order valence-electron chi connectivity index (χ2n) is 6.73. The van der Waals surface area contributed by atoms with E-state index < -0.39 is 17.1 Å². The van der Waals surface area contributed by atoms with E-state index in [1.165, 1.54) is 41.0 Å². The Morgan fingerprint density at radius 2 is 1.73 bits per heavy atom. The molecule has 0 radical (unpaired) electrons. The molecule has 1 aliphatic rings. The summed E-state index contributed by atoms with van der Waals surface area (Å²) in [5.74, 6) is -0.661. The van der Waals surface area contributed by atoms with Crippen molar-refractivity contribution in [1.29, 1.82) is 0 Å². The van der Waals surface area contributed by atoms with Gasteiger partial charge in [0.05, 0.1) is 7.11 Å². The molecule has 1 heterocycles. The number of rotatable bonds is 4. The van der Waals surface area contributed by atoms with Crippen LogP contribution >= 0.6 is 11.8 Å². The van der Waals surface area contributed by atoms with Crippen LogP contribution in [0, 0.1) is 18.6 Å². The van der Waals surface area contributed by atoms with Gasteiger partial charge in [0.25, 0.3) is 5.91 Å². The zero-order chi connectivity index (χ0) is 21.3. The van der Waals surface area contributed by atoms with Crippen molar-refractivity contribution >= 4 is 22.7 Å². The molecule has 0 aliphatic carbocycles. The lowest BCUT2D eigenvalue weighted by Gasteiger charge is -2.23. The van der Waals surface area contributed by atoms with Crippen LogP contribution in [-0.4, -0.2) is 23.1 Å². The van der Waals surface area contributed by atoms with Crippen molar-refractivity contribution in [1.82, 2.24) is 5.01 Å². The monoisotopic (exact) mass is 424 g/mol. The Bertz CT molecular complexity index is 1130. The first kappa shape index (κ1) is 20.1. The van der Waals surface area contributed by atoms with Crippen LogP contribution in [-0.2, 0) is 0 Å². The predicted octanol–water partition coefficient (Wildman–Crippen LogP) is 5.53. The highest BCUT2D eigenvalue weighted by atomic mass is 32.2. The number of hydrogen-bond acceptors (Lipinski definition) is 4. The average Bonchev–Trinajstić information content (AvgIpc) is 3.20. The molecule has 0 N–H and O–H groups in total. The van der Waals surface area contributed by atoms with Gasteiger partial charge in [0, 0.05) is 16.7 Å². The topological polar surface area (TPSA) is 41.9 Å². The standard InChI is InChI=1S/C23H18F2N2O2S/c1-14-7-10-17(25)13-19(14)22(28)27-23(18-5-3-4-6-20(18)29-2)30-21(26-27)15-8-11-16(24)12-9-15/h3-13,23H,1-2H3. The van der Waals surface area contributed by atoms with Crippen LogP contribution in [0.15, 0.2) is 71.8 Å². The zero-order valence-corrected chi connectivity index (χ0v) is 17.1. The molecule has 3 aromatic rings. The number of carbonyl (C=O) groups excluding carboxylic acids is 1. The van der Waals surface area contributed by atoms with Crippen molar-refractivity contribution in [3.05, 3.63) is 101 Å². The van der Waals surface area contributed by atoms with Crippen LogP contribution in [0.4, 0.5) is 8.78 Å². The number of hydrazone groups is 1. The van der Waals surface area contributed by atoms with E-state index in [1.807, 2.05) is 24.3 Å². The third-order valence-electron chi connectivity index (χ3n) is 4.78. The first-order valence-electron chi connectivity index (χ1n) is 9.22. The second-order valence-corrected chi connectivity index (χ2v) is 7.80. The molecule has 7 heteroatoms. The minimum Gasteiger partial charge on any atom is -0.496 e. The Hall–Kier alpha value is -3.19. The summed E-state index contributed by atoms with van der Waals surface area (Å²) < 4.78 is 32.7. The van der Waals surface area contributed by atoms with Crippen molar-refractivity contribution < 1.29 is 18.3 Å². The molecule has 0 saturated heterocycles. The third-order valence-corrected chi connectivity index (χ3v) is 6.00. The van der Waals surface area contributed by atoms with E-state index in [0.717, 1.165) is 5.56 Å². The molecule has 152 valence electrons. The van der Waals surface area contributed by atoms with Crippen LogP contribution < -0.4 is 4.74 Å². The van der Waals surface area contributed by atoms with E-state index in [9.17, 15) is 13.6 Å². The van der Waals surface area contributed by atoms with Crippen LogP contribution in [0.1, 0.15) is 32.4 Å². The summed E-state index contributed by atoms with van der Waals surface area (Å²) in [5, 5.41) is 5.91. The van der Waals surface area contributed by atoms with E-state index in [0.29, 0.717) is 21.9 Å². The number of benzene rings is 3. The second kappa shape index (κ2) is 8.28. The van der Waals surface area contributed by atoms with Crippen molar-refractivity contribution in [2.24, 2.45) is 5.10 Å². The number of para-hydroxylation sites is 1. The smallest absolute Gasteiger partial charge is 0.275 e. The van der Waals surface area contributed by atoms with Gasteiger partial charge < -0.3 is 4.74 Å². The SMILES string of the molecule is COc1ccccc1C1SC(c2ccc(F)cc2)=NN1C(=O)c1cc(F)ccc1C. The van der Waals surface area contributed by atoms with Gasteiger partial charge in [0.15, 0.2) is 0 Å². The van der Waals surface area contributed by atoms with Gasteiger partial charge in [-0.2, -0.15) is 5.10 Å². The lowest BCUT2D eigenvalue weighted by molar-refractivity contribution is 0.0746. The normalized spacial score (nSPS) is 15.8. The molecule has 0 saturated carbocycles. The summed E-state index contributed by atoms with van der Waals surface area (Å²) in [7, 11) is 1.56. The summed E-state index contributed by atoms with van der Waals surface area (Å²) in [6.07, 6.45) is 0. The highest BCUT2D eigenvalue weighted by Gasteiger charge is 2.36. The number of methoxy groups -OCH3 is 1. The summed E-state index contributed by atoms with van der Waals surface area (Å²) in [6.45, 7) is 1.75. The third kappa shape index (κ3) is 3.80. The Morgan fingerprint density at radius 1 is 1.03 bits per heavy atom. The fourth-order valence-electron chi connectivity index (χ4n) is 3.21. The molecule has 0 bridgehead atoms. The number of hydrogen-bond donors (Lipinski definition) is 0. The van der Waals surface area contributed by atoms with Crippen molar-refractivity contribution in [2.75, 3.05) is 7.11 Å². The summed E-state index contributed by atoms with van der Waals surface area (Å²) in [6, 6.07) is 17.4. The van der Waals surface area contributed by atoms with Gasteiger partial charge in [-0.1, -0.05) is 36.0 Å². The highest BCUT2D eigenvalue weighted by Crippen LogP contribution is 2.45. The molecule has 0 fully saturated rings. The molecule has 3 aromatic carbocycles. The van der Waals surface area contributed by atoms with Gasteiger partial charge in [-0.15, -0.1) is 0 Å². The van der Waals surface area contributed by atoms with Gasteiger partial charge in [-0.3, -0.25) is 4.79 Å². The van der Waals surface area contributed by atoms with Crippen LogP contribution in [0.2, 0.25) is 0 Å². The Labute approximate surface area is 177 Å². The van der Waals surface area contributed by atoms with Gasteiger partial charge in [0.1, 0.15) is 27.8 Å². The summed E-state index contributed by atoms with van der Waals surface area (Å²) in [5.41, 5.74) is 2.33. The van der Waals surface area contributed by atoms with Crippen molar-refractivity contribution in [3.63, 3.8) is 0 Å². The molecule has 1 aliphatic heterocycles. The van der Waals surface area contributed by atoms with Crippen molar-refractivity contribution in [2.45, 2.75) is 12.3 Å². The van der Waals surface area contributed by atoms with E-state index in [1.54, 1.807) is 32.2 Å². The van der Waals surface area contributed by atoms with E-state index in [-0.39, 0.29) is 11.4 Å². The molecule has 1 unspecified atom stereocenters. The molecule has 4 rings (SSSR count). The summed E-state index contributed by atoms with van der Waals surface area (Å²) in [4.78, 5) is 13.4.